The summed E-state index contributed by atoms with van der Waals surface area (Å²) in [6, 6.07) is 4.68. The molecular weight excluding hydrogens is 251 g/mol. The molecule has 1 aromatic carbocycles. The van der Waals surface area contributed by atoms with Crippen LogP contribution in [0.3, 0.4) is 0 Å². The van der Waals surface area contributed by atoms with E-state index >= 15 is 0 Å². The van der Waals surface area contributed by atoms with Gasteiger partial charge in [-0.3, -0.25) is 0 Å². The number of methoxy groups -OCH3 is 1. The van der Waals surface area contributed by atoms with Crippen LogP contribution in [0.25, 0.3) is 0 Å². The summed E-state index contributed by atoms with van der Waals surface area (Å²) in [6.07, 6.45) is 0. The molecule has 0 saturated carbocycles. The van der Waals surface area contributed by atoms with Gasteiger partial charge < -0.3 is 15.4 Å². The lowest BCUT2D eigenvalue weighted by atomic mass is 10.3. The van der Waals surface area contributed by atoms with E-state index in [0.717, 1.165) is 0 Å². The quantitative estimate of drug-likeness (QED) is 0.645. The molecule has 0 aromatic heterocycles. The highest BCUT2D eigenvalue weighted by Gasteiger charge is 2.06. The summed E-state index contributed by atoms with van der Waals surface area (Å²) in [7, 11) is 1.59. The van der Waals surface area contributed by atoms with Crippen molar-refractivity contribution in [3.05, 3.63) is 29.0 Å². The van der Waals surface area contributed by atoms with Crippen LogP contribution in [-0.2, 0) is 4.74 Å². The van der Waals surface area contributed by atoms with Crippen molar-refractivity contribution in [2.24, 2.45) is 0 Å². The topological polar surface area (TPSA) is 33.3 Å². The van der Waals surface area contributed by atoms with E-state index < -0.39 is 5.82 Å². The SMILES string of the molecule is COCCNC(=S)Nc1cccc(Cl)c1F. The minimum Gasteiger partial charge on any atom is -0.383 e. The maximum absolute atomic E-state index is 13.4. The van der Waals surface area contributed by atoms with E-state index in [1.165, 1.54) is 6.07 Å². The van der Waals surface area contributed by atoms with Crippen LogP contribution >= 0.6 is 23.8 Å². The zero-order valence-corrected chi connectivity index (χ0v) is 10.3. The second-order valence-electron chi connectivity index (χ2n) is 2.98. The number of hydrogen-bond donors (Lipinski definition) is 2. The third kappa shape index (κ3) is 3.92. The van der Waals surface area contributed by atoms with Crippen molar-refractivity contribution in [3.63, 3.8) is 0 Å². The highest BCUT2D eigenvalue weighted by molar-refractivity contribution is 7.80. The highest BCUT2D eigenvalue weighted by atomic mass is 35.5. The number of thiocarbonyl (C=S) groups is 1. The monoisotopic (exact) mass is 262 g/mol. The van der Waals surface area contributed by atoms with Gasteiger partial charge in [0.1, 0.15) is 0 Å². The number of benzene rings is 1. The Hall–Kier alpha value is -0.910. The van der Waals surface area contributed by atoms with E-state index in [0.29, 0.717) is 18.3 Å². The number of nitrogens with one attached hydrogen (secondary N) is 2. The molecule has 2 N–H and O–H groups in total. The fourth-order valence-electron chi connectivity index (χ4n) is 1.03. The molecule has 16 heavy (non-hydrogen) atoms. The molecule has 1 rings (SSSR count). The fourth-order valence-corrected chi connectivity index (χ4v) is 1.42. The standard InChI is InChI=1S/C10H12ClFN2OS/c1-15-6-5-13-10(16)14-8-4-2-3-7(11)9(8)12/h2-4H,5-6H2,1H3,(H2,13,14,16). The molecule has 0 aliphatic carbocycles. The Bertz CT molecular complexity index is 376. The molecule has 1 aromatic rings. The van der Waals surface area contributed by atoms with E-state index in [4.69, 9.17) is 28.6 Å². The van der Waals surface area contributed by atoms with Crippen molar-refractivity contribution in [1.82, 2.24) is 5.32 Å². The lowest BCUT2D eigenvalue weighted by molar-refractivity contribution is 0.204. The molecule has 0 atom stereocenters. The minimum absolute atomic E-state index is 0.0599. The third-order valence-electron chi connectivity index (χ3n) is 1.79. The lowest BCUT2D eigenvalue weighted by Gasteiger charge is -2.11. The molecule has 0 aliphatic rings. The number of ether oxygens (including phenoxy) is 1. The molecule has 0 spiro atoms. The number of halogens is 2. The van der Waals surface area contributed by atoms with Crippen molar-refractivity contribution in [1.29, 1.82) is 0 Å². The van der Waals surface area contributed by atoms with Crippen LogP contribution in [0.4, 0.5) is 10.1 Å². The predicted octanol–water partition coefficient (Wildman–Crippen LogP) is 2.41. The molecule has 0 radical (unpaired) electrons. The molecule has 0 saturated heterocycles. The van der Waals surface area contributed by atoms with Gasteiger partial charge >= 0.3 is 0 Å². The van der Waals surface area contributed by atoms with Gasteiger partial charge in [-0.15, -0.1) is 0 Å². The average molecular weight is 263 g/mol. The Morgan fingerprint density at radius 1 is 1.56 bits per heavy atom. The summed E-state index contributed by atoms with van der Waals surface area (Å²) < 4.78 is 18.3. The summed E-state index contributed by atoms with van der Waals surface area (Å²) in [6.45, 7) is 1.09. The zero-order valence-electron chi connectivity index (χ0n) is 8.72. The van der Waals surface area contributed by atoms with Gasteiger partial charge in [0, 0.05) is 13.7 Å². The first kappa shape index (κ1) is 13.2. The Morgan fingerprint density at radius 3 is 3.00 bits per heavy atom. The Kier molecular flexibility index (Phi) is 5.45. The Labute approximate surface area is 104 Å². The van der Waals surface area contributed by atoms with Crippen LogP contribution in [0.1, 0.15) is 0 Å². The largest absolute Gasteiger partial charge is 0.383 e. The van der Waals surface area contributed by atoms with E-state index in [2.05, 4.69) is 10.6 Å². The Balaban J connectivity index is 2.53. The first-order valence-electron chi connectivity index (χ1n) is 4.63. The van der Waals surface area contributed by atoms with Crippen LogP contribution in [0.5, 0.6) is 0 Å². The predicted molar refractivity (Wildman–Crippen MR) is 67.5 cm³/mol. The van der Waals surface area contributed by atoms with E-state index in [1.54, 1.807) is 19.2 Å². The summed E-state index contributed by atoms with van der Waals surface area (Å²) in [5.74, 6) is -0.514. The van der Waals surface area contributed by atoms with Crippen molar-refractivity contribution in [2.45, 2.75) is 0 Å². The molecule has 6 heteroatoms. The van der Waals surface area contributed by atoms with Crippen LogP contribution in [0, 0.1) is 5.82 Å². The van der Waals surface area contributed by atoms with Gasteiger partial charge in [0.15, 0.2) is 10.9 Å². The van der Waals surface area contributed by atoms with E-state index in [-0.39, 0.29) is 10.7 Å². The molecule has 0 heterocycles. The summed E-state index contributed by atoms with van der Waals surface area (Å²) in [5, 5.41) is 5.97. The maximum atomic E-state index is 13.4. The first-order chi connectivity index (χ1) is 7.65. The summed E-state index contributed by atoms with van der Waals surface area (Å²) in [5.41, 5.74) is 0.252. The van der Waals surface area contributed by atoms with E-state index in [1.807, 2.05) is 0 Å². The van der Waals surface area contributed by atoms with Gasteiger partial charge in [0.25, 0.3) is 0 Å². The van der Waals surface area contributed by atoms with Gasteiger partial charge in [-0.05, 0) is 24.4 Å². The first-order valence-corrected chi connectivity index (χ1v) is 5.41. The third-order valence-corrected chi connectivity index (χ3v) is 2.33. The molecule has 88 valence electrons. The van der Waals surface area contributed by atoms with Crippen molar-refractivity contribution < 1.29 is 9.13 Å². The smallest absolute Gasteiger partial charge is 0.170 e. The van der Waals surface area contributed by atoms with Gasteiger partial charge in [-0.1, -0.05) is 17.7 Å². The lowest BCUT2D eigenvalue weighted by Crippen LogP contribution is -2.31. The maximum Gasteiger partial charge on any atom is 0.170 e. The van der Waals surface area contributed by atoms with Gasteiger partial charge in [0.2, 0.25) is 0 Å². The average Bonchev–Trinajstić information content (AvgIpc) is 2.25. The van der Waals surface area contributed by atoms with Crippen LogP contribution < -0.4 is 10.6 Å². The number of hydrogen-bond acceptors (Lipinski definition) is 2. The normalized spacial score (nSPS) is 9.94. The zero-order chi connectivity index (χ0) is 12.0. The highest BCUT2D eigenvalue weighted by Crippen LogP contribution is 2.21. The van der Waals surface area contributed by atoms with Crippen LogP contribution in [-0.4, -0.2) is 25.4 Å². The summed E-state index contributed by atoms with van der Waals surface area (Å²) in [4.78, 5) is 0. The fraction of sp³-hybridized carbons (Fsp3) is 0.300. The molecule has 0 fully saturated rings. The molecule has 0 bridgehead atoms. The van der Waals surface area contributed by atoms with E-state index in [9.17, 15) is 4.39 Å². The molecule has 0 amide bonds. The molecular formula is C10H12ClFN2OS. The molecule has 0 unspecified atom stereocenters. The number of anilines is 1. The summed E-state index contributed by atoms with van der Waals surface area (Å²) >= 11 is 10.6. The van der Waals surface area contributed by atoms with Gasteiger partial charge in [-0.25, -0.2) is 4.39 Å². The van der Waals surface area contributed by atoms with Crippen molar-refractivity contribution in [3.8, 4) is 0 Å². The van der Waals surface area contributed by atoms with Crippen LogP contribution in [0.2, 0.25) is 5.02 Å². The second-order valence-corrected chi connectivity index (χ2v) is 3.79. The van der Waals surface area contributed by atoms with Crippen LogP contribution in [0.15, 0.2) is 18.2 Å². The molecule has 0 aliphatic heterocycles. The Morgan fingerprint density at radius 2 is 2.31 bits per heavy atom. The van der Waals surface area contributed by atoms with Crippen molar-refractivity contribution in [2.75, 3.05) is 25.6 Å². The van der Waals surface area contributed by atoms with Gasteiger partial charge in [-0.2, -0.15) is 0 Å². The minimum atomic E-state index is -0.514. The number of rotatable bonds is 4. The second kappa shape index (κ2) is 6.62. The van der Waals surface area contributed by atoms with Gasteiger partial charge in [0.05, 0.1) is 17.3 Å². The van der Waals surface area contributed by atoms with Crippen molar-refractivity contribution >= 4 is 34.6 Å². The molecule has 3 nitrogen and oxygen atoms in total.